The largest absolute Gasteiger partial charge is 0.440 e. The lowest BCUT2D eigenvalue weighted by Crippen LogP contribution is -2.11. The molecular weight excluding hydrogens is 474 g/mol. The van der Waals surface area contributed by atoms with Gasteiger partial charge in [0.1, 0.15) is 5.52 Å². The molecule has 1 aliphatic carbocycles. The minimum atomic E-state index is 0.169. The van der Waals surface area contributed by atoms with Gasteiger partial charge in [0, 0.05) is 0 Å². The Labute approximate surface area is 229 Å². The van der Waals surface area contributed by atoms with Gasteiger partial charge in [0.05, 0.1) is 5.92 Å². The fourth-order valence-corrected chi connectivity index (χ4v) is 6.43. The van der Waals surface area contributed by atoms with Crippen LogP contribution in [0, 0.1) is 0 Å². The molecule has 7 rings (SSSR count). The van der Waals surface area contributed by atoms with E-state index < -0.39 is 0 Å². The van der Waals surface area contributed by atoms with Crippen molar-refractivity contribution in [3.8, 4) is 11.1 Å². The maximum atomic E-state index is 6.30. The van der Waals surface area contributed by atoms with Crippen LogP contribution in [0.3, 0.4) is 0 Å². The Morgan fingerprint density at radius 2 is 1.26 bits per heavy atom. The lowest BCUT2D eigenvalue weighted by molar-refractivity contribution is 0.486. The molecule has 0 aliphatic heterocycles. The summed E-state index contributed by atoms with van der Waals surface area (Å²) >= 11 is 0. The zero-order valence-electron chi connectivity index (χ0n) is 22.4. The molecule has 1 heterocycles. The van der Waals surface area contributed by atoms with E-state index in [9.17, 15) is 0 Å². The van der Waals surface area contributed by atoms with E-state index in [1.807, 2.05) is 24.3 Å². The average Bonchev–Trinajstić information content (AvgIpc) is 3.44. The first-order chi connectivity index (χ1) is 19.3. The molecule has 1 aromatic heterocycles. The zero-order chi connectivity index (χ0) is 26.3. The van der Waals surface area contributed by atoms with E-state index in [0.717, 1.165) is 36.3 Å². The molecule has 190 valence electrons. The number of para-hydroxylation sites is 2. The maximum Gasteiger partial charge on any atom is 0.203 e. The summed E-state index contributed by atoms with van der Waals surface area (Å²) in [5.74, 6) is 1.01. The van der Waals surface area contributed by atoms with Gasteiger partial charge >= 0.3 is 0 Å². The van der Waals surface area contributed by atoms with Crippen LogP contribution in [0.1, 0.15) is 50.5 Å². The Hall–Kier alpha value is -4.43. The van der Waals surface area contributed by atoms with Gasteiger partial charge in [-0.2, -0.15) is 0 Å². The van der Waals surface area contributed by atoms with E-state index in [-0.39, 0.29) is 5.92 Å². The number of rotatable bonds is 5. The molecule has 0 N–H and O–H groups in total. The summed E-state index contributed by atoms with van der Waals surface area (Å²) in [6.07, 6.45) is 5.34. The van der Waals surface area contributed by atoms with Crippen LogP contribution < -0.4 is 0 Å². The number of aromatic nitrogens is 1. The normalized spacial score (nSPS) is 15.8. The summed E-state index contributed by atoms with van der Waals surface area (Å²) in [6.45, 7) is 4.54. The second-order valence-electron chi connectivity index (χ2n) is 10.4. The van der Waals surface area contributed by atoms with Gasteiger partial charge in [-0.05, 0) is 75.2 Å². The van der Waals surface area contributed by atoms with Gasteiger partial charge in [-0.15, -0.1) is 0 Å². The van der Waals surface area contributed by atoms with Gasteiger partial charge in [-0.3, -0.25) is 0 Å². The Morgan fingerprint density at radius 1 is 0.667 bits per heavy atom. The van der Waals surface area contributed by atoms with Crippen molar-refractivity contribution < 1.29 is 4.42 Å². The number of benzene rings is 5. The van der Waals surface area contributed by atoms with Crippen molar-refractivity contribution >= 4 is 38.2 Å². The predicted octanol–water partition coefficient (Wildman–Crippen LogP) is 10.5. The van der Waals surface area contributed by atoms with E-state index in [2.05, 4.69) is 98.8 Å². The first-order valence-corrected chi connectivity index (χ1v) is 14.0. The minimum absolute atomic E-state index is 0.169. The molecule has 1 atom stereocenters. The number of nitrogens with zero attached hydrogens (tertiary/aromatic N) is 1. The van der Waals surface area contributed by atoms with Gasteiger partial charge in [0.2, 0.25) is 5.89 Å². The number of fused-ring (bicyclic) bond motifs is 3. The molecule has 39 heavy (non-hydrogen) atoms. The Morgan fingerprint density at radius 3 is 1.87 bits per heavy atom. The molecule has 0 radical (unpaired) electrons. The van der Waals surface area contributed by atoms with E-state index in [4.69, 9.17) is 9.40 Å². The maximum absolute atomic E-state index is 6.30. The van der Waals surface area contributed by atoms with Crippen LogP contribution in [0.15, 0.2) is 125 Å². The molecule has 0 saturated carbocycles. The van der Waals surface area contributed by atoms with Crippen molar-refractivity contribution in [3.05, 3.63) is 132 Å². The van der Waals surface area contributed by atoms with Crippen molar-refractivity contribution in [3.63, 3.8) is 0 Å². The third-order valence-corrected chi connectivity index (χ3v) is 8.32. The van der Waals surface area contributed by atoms with Crippen LogP contribution in [0.2, 0.25) is 0 Å². The smallest absolute Gasteiger partial charge is 0.203 e. The van der Waals surface area contributed by atoms with Crippen LogP contribution in [0.25, 0.3) is 49.3 Å². The lowest BCUT2D eigenvalue weighted by atomic mass is 9.76. The summed E-state index contributed by atoms with van der Waals surface area (Å²) < 4.78 is 6.30. The first-order valence-electron chi connectivity index (χ1n) is 14.0. The van der Waals surface area contributed by atoms with Crippen molar-refractivity contribution in [2.75, 3.05) is 0 Å². The lowest BCUT2D eigenvalue weighted by Gasteiger charge is -2.28. The summed E-state index contributed by atoms with van der Waals surface area (Å²) in [5, 5.41) is 5.21. The van der Waals surface area contributed by atoms with Crippen LogP contribution in [0.4, 0.5) is 0 Å². The SMILES string of the molecule is CCC1=CC(c2c3ccccc3c(-c3ccccc3)c3ccccc23)=C(CC)CC1c1nc2ccccc2o1. The second kappa shape index (κ2) is 9.71. The molecule has 0 amide bonds. The minimum Gasteiger partial charge on any atom is -0.440 e. The van der Waals surface area contributed by atoms with Crippen LogP contribution in [-0.2, 0) is 0 Å². The fourth-order valence-electron chi connectivity index (χ4n) is 6.43. The third-order valence-electron chi connectivity index (χ3n) is 8.32. The fraction of sp³-hybridized carbons (Fsp3) is 0.162. The molecule has 0 spiro atoms. The number of oxazole rings is 1. The number of hydrogen-bond acceptors (Lipinski definition) is 2. The monoisotopic (exact) mass is 505 g/mol. The van der Waals surface area contributed by atoms with Gasteiger partial charge in [0.15, 0.2) is 5.58 Å². The average molecular weight is 506 g/mol. The van der Waals surface area contributed by atoms with Crippen molar-refractivity contribution in [2.45, 2.75) is 39.0 Å². The Bertz CT molecular complexity index is 1810. The van der Waals surface area contributed by atoms with E-state index >= 15 is 0 Å². The van der Waals surface area contributed by atoms with Gasteiger partial charge in [0.25, 0.3) is 0 Å². The van der Waals surface area contributed by atoms with Crippen molar-refractivity contribution in [2.24, 2.45) is 0 Å². The van der Waals surface area contributed by atoms with Gasteiger partial charge in [-0.25, -0.2) is 4.98 Å². The highest BCUT2D eigenvalue weighted by Gasteiger charge is 2.29. The van der Waals surface area contributed by atoms with E-state index in [1.54, 1.807) is 0 Å². The van der Waals surface area contributed by atoms with E-state index in [0.29, 0.717) is 0 Å². The molecular formula is C37H31NO. The molecule has 0 saturated heterocycles. The summed E-state index contributed by atoms with van der Waals surface area (Å²) in [7, 11) is 0. The molecule has 1 unspecified atom stereocenters. The Kier molecular flexibility index (Phi) is 5.89. The molecule has 2 heteroatoms. The van der Waals surface area contributed by atoms with Crippen LogP contribution in [0.5, 0.6) is 0 Å². The molecule has 1 aliphatic rings. The first kappa shape index (κ1) is 23.7. The van der Waals surface area contributed by atoms with Gasteiger partial charge in [-0.1, -0.05) is 122 Å². The van der Waals surface area contributed by atoms with Crippen LogP contribution in [-0.4, -0.2) is 4.98 Å². The highest BCUT2D eigenvalue weighted by molar-refractivity contribution is 6.19. The zero-order valence-corrected chi connectivity index (χ0v) is 22.4. The standard InChI is InChI=1S/C37H31NO/c1-3-24-23-32(37-38-33-20-12-13-21-34(33)39-37)25(4-2)22-31(24)36-29-18-10-8-16-27(29)35(26-14-6-5-7-15-26)28-17-9-11-19-30(28)36/h5-22,32H,3-4,23H2,1-2H3. The quantitative estimate of drug-likeness (QED) is 0.218. The molecule has 2 nitrogen and oxygen atoms in total. The highest BCUT2D eigenvalue weighted by atomic mass is 16.3. The molecule has 0 fully saturated rings. The van der Waals surface area contributed by atoms with E-state index in [1.165, 1.54) is 55.0 Å². The molecule has 0 bridgehead atoms. The van der Waals surface area contributed by atoms with Crippen LogP contribution >= 0.6 is 0 Å². The topological polar surface area (TPSA) is 26.0 Å². The molecule has 5 aromatic carbocycles. The van der Waals surface area contributed by atoms with Crippen molar-refractivity contribution in [1.82, 2.24) is 4.98 Å². The predicted molar refractivity (Wildman–Crippen MR) is 164 cm³/mol. The number of hydrogen-bond donors (Lipinski definition) is 0. The van der Waals surface area contributed by atoms with Gasteiger partial charge < -0.3 is 4.42 Å². The summed E-state index contributed by atoms with van der Waals surface area (Å²) in [5.41, 5.74) is 9.92. The van der Waals surface area contributed by atoms with Crippen molar-refractivity contribution in [1.29, 1.82) is 0 Å². The second-order valence-corrected chi connectivity index (χ2v) is 10.4. The molecule has 6 aromatic rings. The summed E-state index contributed by atoms with van der Waals surface area (Å²) in [4.78, 5) is 4.92. The third kappa shape index (κ3) is 3.90. The Balaban J connectivity index is 1.48. The summed E-state index contributed by atoms with van der Waals surface area (Å²) in [6, 6.07) is 36.8. The highest BCUT2D eigenvalue weighted by Crippen LogP contribution is 2.48. The number of allylic oxidation sites excluding steroid dienone is 4.